The van der Waals surface area contributed by atoms with Crippen molar-refractivity contribution in [2.45, 2.75) is 12.5 Å². The van der Waals surface area contributed by atoms with Crippen molar-refractivity contribution in [3.8, 4) is 0 Å². The van der Waals surface area contributed by atoms with Gasteiger partial charge in [-0.15, -0.1) is 0 Å². The molecule has 1 aromatic rings. The van der Waals surface area contributed by atoms with Crippen LogP contribution in [0.5, 0.6) is 0 Å². The number of hydrogen-bond donors (Lipinski definition) is 3. The zero-order chi connectivity index (χ0) is 12.8. The summed E-state index contributed by atoms with van der Waals surface area (Å²) in [6.45, 7) is 3.03. The Kier molecular flexibility index (Phi) is 5.26. The minimum Gasteiger partial charge on any atom is -0.395 e. The lowest BCUT2D eigenvalue weighted by Gasteiger charge is -2.18. The van der Waals surface area contributed by atoms with E-state index in [0.717, 1.165) is 35.8 Å². The van der Waals surface area contributed by atoms with Gasteiger partial charge in [-0.3, -0.25) is 0 Å². The topological polar surface area (TPSA) is 53.5 Å². The summed E-state index contributed by atoms with van der Waals surface area (Å²) in [7, 11) is 0. The van der Waals surface area contributed by atoms with Crippen molar-refractivity contribution in [3.63, 3.8) is 0 Å². The Labute approximate surface area is 112 Å². The van der Waals surface area contributed by atoms with Gasteiger partial charge in [0.2, 0.25) is 0 Å². The molecule has 0 spiro atoms. The third kappa shape index (κ3) is 3.59. The second-order valence-corrected chi connectivity index (χ2v) is 4.73. The first-order valence-electron chi connectivity index (χ1n) is 6.26. The van der Waals surface area contributed by atoms with E-state index < -0.39 is 0 Å². The lowest BCUT2D eigenvalue weighted by atomic mass is 10.1. The number of benzene rings is 1. The molecule has 0 bridgehead atoms. The van der Waals surface area contributed by atoms with Crippen molar-refractivity contribution in [2.75, 3.05) is 38.2 Å². The highest BCUT2D eigenvalue weighted by atomic mass is 35.5. The molecule has 0 aromatic heterocycles. The molecule has 18 heavy (non-hydrogen) atoms. The average molecular weight is 271 g/mol. The van der Waals surface area contributed by atoms with Crippen molar-refractivity contribution >= 4 is 17.3 Å². The average Bonchev–Trinajstić information content (AvgIpc) is 2.66. The van der Waals surface area contributed by atoms with Crippen LogP contribution in [0.25, 0.3) is 0 Å². The summed E-state index contributed by atoms with van der Waals surface area (Å²) in [5, 5.41) is 16.1. The van der Waals surface area contributed by atoms with Gasteiger partial charge in [-0.2, -0.15) is 0 Å². The third-order valence-corrected chi connectivity index (χ3v) is 3.30. The molecule has 2 rings (SSSR count). The molecule has 0 saturated carbocycles. The fourth-order valence-corrected chi connectivity index (χ4v) is 2.28. The monoisotopic (exact) mass is 270 g/mol. The van der Waals surface area contributed by atoms with E-state index in [9.17, 15) is 0 Å². The van der Waals surface area contributed by atoms with E-state index in [-0.39, 0.29) is 12.6 Å². The number of halogens is 1. The van der Waals surface area contributed by atoms with Crippen molar-refractivity contribution in [2.24, 2.45) is 0 Å². The quantitative estimate of drug-likeness (QED) is 0.781. The number of ether oxygens (including phenoxy) is 1. The summed E-state index contributed by atoms with van der Waals surface area (Å²) < 4.78 is 5.56. The molecule has 100 valence electrons. The summed E-state index contributed by atoms with van der Waals surface area (Å²) in [6.07, 6.45) is 1.02. The van der Waals surface area contributed by atoms with E-state index in [4.69, 9.17) is 21.4 Å². The van der Waals surface area contributed by atoms with Crippen molar-refractivity contribution in [1.82, 2.24) is 5.32 Å². The molecule has 1 heterocycles. The maximum atomic E-state index is 8.82. The Bertz CT molecular complexity index is 379. The number of aliphatic hydroxyl groups excluding tert-OH is 1. The Morgan fingerprint density at radius 1 is 1.50 bits per heavy atom. The van der Waals surface area contributed by atoms with Crippen molar-refractivity contribution in [1.29, 1.82) is 0 Å². The van der Waals surface area contributed by atoms with E-state index in [1.807, 2.05) is 18.2 Å². The standard InChI is InChI=1S/C13H19ClN2O2/c14-12-3-2-10(15-5-6-17)8-11(12)13-9-18-7-1-4-16-13/h2-3,8,13,15-17H,1,4-7,9H2. The maximum Gasteiger partial charge on any atom is 0.0662 e. The Morgan fingerprint density at radius 2 is 2.39 bits per heavy atom. The van der Waals surface area contributed by atoms with Gasteiger partial charge in [0.25, 0.3) is 0 Å². The highest BCUT2D eigenvalue weighted by Crippen LogP contribution is 2.27. The second kappa shape index (κ2) is 6.95. The lowest BCUT2D eigenvalue weighted by Crippen LogP contribution is -2.23. The normalized spacial score (nSPS) is 20.4. The van der Waals surface area contributed by atoms with Gasteiger partial charge < -0.3 is 20.5 Å². The van der Waals surface area contributed by atoms with Crippen LogP contribution in [0.15, 0.2) is 18.2 Å². The second-order valence-electron chi connectivity index (χ2n) is 4.32. The Hall–Kier alpha value is -0.810. The van der Waals surface area contributed by atoms with E-state index in [2.05, 4.69) is 10.6 Å². The van der Waals surface area contributed by atoms with Crippen LogP contribution < -0.4 is 10.6 Å². The number of rotatable bonds is 4. The van der Waals surface area contributed by atoms with Crippen LogP contribution in [0.4, 0.5) is 5.69 Å². The molecule has 5 heteroatoms. The van der Waals surface area contributed by atoms with Gasteiger partial charge in [0.1, 0.15) is 0 Å². The zero-order valence-electron chi connectivity index (χ0n) is 10.3. The summed E-state index contributed by atoms with van der Waals surface area (Å²) in [4.78, 5) is 0. The van der Waals surface area contributed by atoms with E-state index in [0.29, 0.717) is 13.2 Å². The highest BCUT2D eigenvalue weighted by molar-refractivity contribution is 6.31. The minimum atomic E-state index is 0.114. The zero-order valence-corrected chi connectivity index (χ0v) is 11.0. The van der Waals surface area contributed by atoms with Crippen molar-refractivity contribution in [3.05, 3.63) is 28.8 Å². The fraction of sp³-hybridized carbons (Fsp3) is 0.538. The Morgan fingerprint density at radius 3 is 3.22 bits per heavy atom. The van der Waals surface area contributed by atoms with E-state index in [1.54, 1.807) is 0 Å². The van der Waals surface area contributed by atoms with E-state index >= 15 is 0 Å². The first-order valence-corrected chi connectivity index (χ1v) is 6.64. The first kappa shape index (κ1) is 13.6. The van der Waals surface area contributed by atoms with Gasteiger partial charge in [0, 0.05) is 23.9 Å². The predicted octanol–water partition coefficient (Wildman–Crippen LogP) is 1.80. The van der Waals surface area contributed by atoms with Crippen LogP contribution in [0.3, 0.4) is 0 Å². The minimum absolute atomic E-state index is 0.114. The molecule has 0 amide bonds. The van der Waals surface area contributed by atoms with Gasteiger partial charge in [0.05, 0.1) is 19.3 Å². The SMILES string of the molecule is OCCNc1ccc(Cl)c(C2COCCCN2)c1. The number of anilines is 1. The van der Waals surface area contributed by atoms with Crippen LogP contribution in [0, 0.1) is 0 Å². The smallest absolute Gasteiger partial charge is 0.0662 e. The molecule has 1 aliphatic rings. The van der Waals surface area contributed by atoms with Crippen LogP contribution in [0.2, 0.25) is 5.02 Å². The molecule has 4 nitrogen and oxygen atoms in total. The molecule has 0 radical (unpaired) electrons. The molecule has 0 aliphatic carbocycles. The number of hydrogen-bond acceptors (Lipinski definition) is 4. The summed E-state index contributed by atoms with van der Waals surface area (Å²) in [5.74, 6) is 0. The lowest BCUT2D eigenvalue weighted by molar-refractivity contribution is 0.131. The number of nitrogens with one attached hydrogen (secondary N) is 2. The molecular formula is C13H19ClN2O2. The summed E-state index contributed by atoms with van der Waals surface area (Å²) >= 11 is 6.24. The molecule has 1 aliphatic heterocycles. The van der Waals surface area contributed by atoms with E-state index in [1.165, 1.54) is 0 Å². The summed E-state index contributed by atoms with van der Waals surface area (Å²) in [6, 6.07) is 5.95. The van der Waals surface area contributed by atoms with Gasteiger partial charge in [-0.1, -0.05) is 11.6 Å². The Balaban J connectivity index is 2.13. The molecule has 1 atom stereocenters. The number of aliphatic hydroxyl groups is 1. The largest absolute Gasteiger partial charge is 0.395 e. The highest BCUT2D eigenvalue weighted by Gasteiger charge is 2.17. The van der Waals surface area contributed by atoms with Gasteiger partial charge in [-0.05, 0) is 36.7 Å². The molecule has 1 unspecified atom stereocenters. The van der Waals surface area contributed by atoms with Gasteiger partial charge >= 0.3 is 0 Å². The van der Waals surface area contributed by atoms with Crippen LogP contribution in [0.1, 0.15) is 18.0 Å². The third-order valence-electron chi connectivity index (χ3n) is 2.95. The summed E-state index contributed by atoms with van der Waals surface area (Å²) in [5.41, 5.74) is 2.01. The van der Waals surface area contributed by atoms with Crippen molar-refractivity contribution < 1.29 is 9.84 Å². The predicted molar refractivity (Wildman–Crippen MR) is 73.2 cm³/mol. The van der Waals surface area contributed by atoms with Crippen LogP contribution >= 0.6 is 11.6 Å². The van der Waals surface area contributed by atoms with Crippen LogP contribution in [-0.4, -0.2) is 38.0 Å². The van der Waals surface area contributed by atoms with Crippen LogP contribution in [-0.2, 0) is 4.74 Å². The molecule has 1 aromatic carbocycles. The van der Waals surface area contributed by atoms with Gasteiger partial charge in [0.15, 0.2) is 0 Å². The first-order chi connectivity index (χ1) is 8.81. The molecule has 1 saturated heterocycles. The van der Waals surface area contributed by atoms with Gasteiger partial charge in [-0.25, -0.2) is 0 Å². The fourth-order valence-electron chi connectivity index (χ4n) is 2.03. The molecule has 3 N–H and O–H groups in total. The maximum absolute atomic E-state index is 8.82. The molecule has 1 fully saturated rings. The molecular weight excluding hydrogens is 252 g/mol.